The van der Waals surface area contributed by atoms with Crippen molar-refractivity contribution >= 4 is 40.6 Å². The summed E-state index contributed by atoms with van der Waals surface area (Å²) < 4.78 is 13.3. The molecule has 1 aliphatic rings. The Morgan fingerprint density at radius 3 is 2.65 bits per heavy atom. The van der Waals surface area contributed by atoms with Crippen molar-refractivity contribution in [3.05, 3.63) is 40.1 Å². The van der Waals surface area contributed by atoms with Crippen LogP contribution in [0.2, 0.25) is 5.02 Å². The predicted octanol–water partition coefficient (Wildman–Crippen LogP) is 2.76. The van der Waals surface area contributed by atoms with Gasteiger partial charge in [-0.3, -0.25) is 14.5 Å². The maximum atomic E-state index is 13.3. The van der Waals surface area contributed by atoms with Crippen molar-refractivity contribution in [2.45, 2.75) is 0 Å². The number of carbonyl (C=O) groups excluding carboxylic acids is 2. The third kappa shape index (κ3) is 1.94. The van der Waals surface area contributed by atoms with Crippen molar-refractivity contribution in [1.29, 1.82) is 0 Å². The van der Waals surface area contributed by atoms with E-state index in [1.54, 1.807) is 0 Å². The monoisotopic (exact) mass is 273 g/mol. The molecule has 88 valence electrons. The highest BCUT2D eigenvalue weighted by Gasteiger charge is 2.36. The second-order valence-electron chi connectivity index (χ2n) is 3.52. The average Bonchev–Trinajstić information content (AvgIpc) is 2.45. The van der Waals surface area contributed by atoms with Crippen LogP contribution in [0.15, 0.2) is 23.7 Å². The largest absolute Gasteiger partial charge is 0.299 e. The molecule has 0 radical (unpaired) electrons. The molecule has 6 heteroatoms. The number of benzene rings is 1. The average molecular weight is 274 g/mol. The zero-order chi connectivity index (χ0) is 12.7. The number of Topliss-reactive ketones (excluding diaryl/α,β-unsaturated/α-hetero) is 1. The standard InChI is InChI=1S/C11H6Cl2FNO2/c1-5(12)4-15-9-3-8(14)7(13)2-6(9)10(16)11(15)17/h2-3H,1,4H2. The van der Waals surface area contributed by atoms with E-state index >= 15 is 0 Å². The van der Waals surface area contributed by atoms with Crippen molar-refractivity contribution in [2.24, 2.45) is 0 Å². The summed E-state index contributed by atoms with van der Waals surface area (Å²) in [5.74, 6) is -2.18. The summed E-state index contributed by atoms with van der Waals surface area (Å²) in [5, 5.41) is -0.0224. The summed E-state index contributed by atoms with van der Waals surface area (Å²) in [6.45, 7) is 3.39. The lowest BCUT2D eigenvalue weighted by molar-refractivity contribution is -0.114. The van der Waals surface area contributed by atoms with Crippen molar-refractivity contribution in [1.82, 2.24) is 0 Å². The van der Waals surface area contributed by atoms with Gasteiger partial charge < -0.3 is 0 Å². The normalized spacial score (nSPS) is 14.2. The molecular formula is C11H6Cl2FNO2. The summed E-state index contributed by atoms with van der Waals surface area (Å²) >= 11 is 11.1. The first kappa shape index (κ1) is 12.1. The Morgan fingerprint density at radius 1 is 1.41 bits per heavy atom. The molecule has 0 saturated carbocycles. The van der Waals surface area contributed by atoms with Gasteiger partial charge in [0.1, 0.15) is 5.82 Å². The van der Waals surface area contributed by atoms with E-state index in [4.69, 9.17) is 23.2 Å². The number of carbonyl (C=O) groups is 2. The molecule has 3 nitrogen and oxygen atoms in total. The van der Waals surface area contributed by atoms with Crippen LogP contribution in [-0.2, 0) is 4.79 Å². The fraction of sp³-hybridized carbons (Fsp3) is 0.0909. The van der Waals surface area contributed by atoms with E-state index in [1.807, 2.05) is 0 Å². The van der Waals surface area contributed by atoms with Crippen LogP contribution in [0.4, 0.5) is 10.1 Å². The molecule has 1 aromatic carbocycles. The first-order valence-corrected chi connectivity index (χ1v) is 5.36. The Morgan fingerprint density at radius 2 is 2.06 bits per heavy atom. The van der Waals surface area contributed by atoms with Crippen molar-refractivity contribution in [3.8, 4) is 0 Å². The lowest BCUT2D eigenvalue weighted by atomic mass is 10.1. The second kappa shape index (κ2) is 4.13. The van der Waals surface area contributed by atoms with Gasteiger partial charge in [-0.2, -0.15) is 0 Å². The SMILES string of the molecule is C=C(Cl)CN1C(=O)C(=O)c2cc(Cl)c(F)cc21. The molecule has 0 fully saturated rings. The molecule has 1 aromatic rings. The van der Waals surface area contributed by atoms with Gasteiger partial charge in [-0.1, -0.05) is 29.8 Å². The Labute approximate surface area is 106 Å². The molecular weight excluding hydrogens is 268 g/mol. The van der Waals surface area contributed by atoms with Crippen molar-refractivity contribution < 1.29 is 14.0 Å². The minimum absolute atomic E-state index is 0.0415. The molecule has 0 saturated heterocycles. The van der Waals surface area contributed by atoms with Crippen LogP contribution in [0.3, 0.4) is 0 Å². The van der Waals surface area contributed by atoms with Crippen molar-refractivity contribution in [2.75, 3.05) is 11.4 Å². The quantitative estimate of drug-likeness (QED) is 0.777. The highest BCUT2D eigenvalue weighted by molar-refractivity contribution is 6.53. The molecule has 0 aromatic heterocycles. The lowest BCUT2D eigenvalue weighted by Gasteiger charge is -2.15. The van der Waals surface area contributed by atoms with Crippen LogP contribution in [0.1, 0.15) is 10.4 Å². The minimum Gasteiger partial charge on any atom is -0.299 e. The fourth-order valence-electron chi connectivity index (χ4n) is 1.62. The Balaban J connectivity index is 2.56. The van der Waals surface area contributed by atoms with Gasteiger partial charge in [-0.15, -0.1) is 0 Å². The number of ketones is 1. The Hall–Kier alpha value is -1.39. The molecule has 2 rings (SSSR count). The van der Waals surface area contributed by atoms with E-state index in [9.17, 15) is 14.0 Å². The van der Waals surface area contributed by atoms with Gasteiger partial charge >= 0.3 is 0 Å². The summed E-state index contributed by atoms with van der Waals surface area (Å²) in [6, 6.07) is 2.18. The van der Waals surface area contributed by atoms with Crippen LogP contribution in [-0.4, -0.2) is 18.2 Å². The van der Waals surface area contributed by atoms with Crippen LogP contribution >= 0.6 is 23.2 Å². The number of halogens is 3. The topological polar surface area (TPSA) is 37.4 Å². The predicted molar refractivity (Wildman–Crippen MR) is 63.1 cm³/mol. The summed E-state index contributed by atoms with van der Waals surface area (Å²) in [7, 11) is 0. The number of rotatable bonds is 2. The highest BCUT2D eigenvalue weighted by Crippen LogP contribution is 2.33. The van der Waals surface area contributed by atoms with Gasteiger partial charge in [0.2, 0.25) is 0 Å². The number of anilines is 1. The van der Waals surface area contributed by atoms with Gasteiger partial charge in [0, 0.05) is 5.03 Å². The molecule has 0 N–H and O–H groups in total. The maximum absolute atomic E-state index is 13.3. The molecule has 0 atom stereocenters. The number of nitrogens with zero attached hydrogens (tertiary/aromatic N) is 1. The van der Waals surface area contributed by atoms with Crippen LogP contribution in [0.25, 0.3) is 0 Å². The molecule has 0 unspecified atom stereocenters. The number of amides is 1. The van der Waals surface area contributed by atoms with E-state index in [0.717, 1.165) is 17.0 Å². The smallest absolute Gasteiger partial charge is 0.299 e. The van der Waals surface area contributed by atoms with Gasteiger partial charge in [0.25, 0.3) is 11.7 Å². The first-order chi connectivity index (χ1) is 7.91. The van der Waals surface area contributed by atoms with E-state index < -0.39 is 17.5 Å². The zero-order valence-corrected chi connectivity index (χ0v) is 9.98. The number of fused-ring (bicyclic) bond motifs is 1. The Kier molecular flexibility index (Phi) is 2.93. The van der Waals surface area contributed by atoms with Crippen LogP contribution < -0.4 is 4.90 Å². The van der Waals surface area contributed by atoms with Gasteiger partial charge in [-0.05, 0) is 12.1 Å². The van der Waals surface area contributed by atoms with E-state index in [2.05, 4.69) is 6.58 Å². The number of hydrogen-bond acceptors (Lipinski definition) is 2. The fourth-order valence-corrected chi connectivity index (χ4v) is 1.90. The third-order valence-electron chi connectivity index (χ3n) is 2.34. The van der Waals surface area contributed by atoms with E-state index in [1.165, 1.54) is 0 Å². The van der Waals surface area contributed by atoms with Gasteiger partial charge in [-0.25, -0.2) is 4.39 Å². The first-order valence-electron chi connectivity index (χ1n) is 4.60. The molecule has 1 amide bonds. The Bertz CT molecular complexity index is 557. The number of hydrogen-bond donors (Lipinski definition) is 0. The van der Waals surface area contributed by atoms with Gasteiger partial charge in [0.15, 0.2) is 0 Å². The lowest BCUT2D eigenvalue weighted by Crippen LogP contribution is -2.30. The van der Waals surface area contributed by atoms with Crippen molar-refractivity contribution in [3.63, 3.8) is 0 Å². The van der Waals surface area contributed by atoms with Gasteiger partial charge in [0.05, 0.1) is 22.8 Å². The zero-order valence-electron chi connectivity index (χ0n) is 8.47. The molecule has 1 aliphatic heterocycles. The highest BCUT2D eigenvalue weighted by atomic mass is 35.5. The van der Waals surface area contributed by atoms with E-state index in [0.29, 0.717) is 0 Å². The van der Waals surface area contributed by atoms with E-state index in [-0.39, 0.29) is 27.9 Å². The molecule has 0 spiro atoms. The molecule has 17 heavy (non-hydrogen) atoms. The molecule has 1 heterocycles. The molecule has 0 aliphatic carbocycles. The van der Waals surface area contributed by atoms with Crippen LogP contribution in [0, 0.1) is 5.82 Å². The second-order valence-corrected chi connectivity index (χ2v) is 4.46. The van der Waals surface area contributed by atoms with Crippen LogP contribution in [0.5, 0.6) is 0 Å². The third-order valence-corrected chi connectivity index (χ3v) is 2.75. The minimum atomic E-state index is -0.761. The molecule has 0 bridgehead atoms. The summed E-state index contributed by atoms with van der Waals surface area (Å²) in [5.41, 5.74) is 0.253. The summed E-state index contributed by atoms with van der Waals surface area (Å²) in [6.07, 6.45) is 0. The summed E-state index contributed by atoms with van der Waals surface area (Å²) in [4.78, 5) is 24.3. The maximum Gasteiger partial charge on any atom is 0.299 e.